The third-order valence-electron chi connectivity index (χ3n) is 2.64. The Hall–Kier alpha value is -2.30. The number of fused-ring (bicyclic) bond motifs is 1. The molecule has 3 rings (SSSR count). The predicted molar refractivity (Wildman–Crippen MR) is 81.2 cm³/mol. The minimum absolute atomic E-state index is 0.442. The average Bonchev–Trinajstić information content (AvgIpc) is 2.48. The summed E-state index contributed by atoms with van der Waals surface area (Å²) < 4.78 is 4.53. The number of rotatable bonds is 2. The number of benzene rings is 3. The van der Waals surface area contributed by atoms with Gasteiger partial charge in [-0.1, -0.05) is 66.7 Å². The van der Waals surface area contributed by atoms with E-state index in [-0.39, 0.29) is 0 Å². The normalized spacial score (nSPS) is 9.50. The third-order valence-corrected chi connectivity index (χ3v) is 2.64. The largest absolute Gasteiger partial charge is 0.707 e. The lowest BCUT2D eigenvalue weighted by Gasteiger charge is -2.01. The Bertz CT molecular complexity index is 576. The predicted octanol–water partition coefficient (Wildman–Crippen LogP) is 2.87. The van der Waals surface area contributed by atoms with Crippen LogP contribution in [0.5, 0.6) is 5.75 Å². The summed E-state index contributed by atoms with van der Waals surface area (Å²) in [5.41, 5.74) is 0. The Kier molecular flexibility index (Phi) is 5.18. The van der Waals surface area contributed by atoms with E-state index in [0.29, 0.717) is 5.75 Å². The summed E-state index contributed by atoms with van der Waals surface area (Å²) in [5.74, 6) is 0.442. The Balaban J connectivity index is 0.000000147. The van der Waals surface area contributed by atoms with Gasteiger partial charge in [0.2, 0.25) is 0 Å². The SMILES string of the molecule is OB(O)Oc1ccccc1.c1ccc2ccccc2c1. The smallest absolute Gasteiger partial charge is 0.512 e. The van der Waals surface area contributed by atoms with Gasteiger partial charge in [-0.2, -0.15) is 0 Å². The zero-order valence-electron chi connectivity index (χ0n) is 10.9. The minimum Gasteiger partial charge on any atom is -0.512 e. The average molecular weight is 266 g/mol. The molecular formula is C16H15BO3. The van der Waals surface area contributed by atoms with Crippen LogP contribution in [0.4, 0.5) is 0 Å². The van der Waals surface area contributed by atoms with Crippen LogP contribution in [0.15, 0.2) is 78.9 Å². The number of para-hydroxylation sites is 1. The highest BCUT2D eigenvalue weighted by molar-refractivity contribution is 6.33. The van der Waals surface area contributed by atoms with E-state index in [1.807, 2.05) is 6.07 Å². The topological polar surface area (TPSA) is 49.7 Å². The first-order valence-corrected chi connectivity index (χ1v) is 6.27. The molecule has 0 aliphatic carbocycles. The van der Waals surface area contributed by atoms with Gasteiger partial charge in [0.05, 0.1) is 0 Å². The van der Waals surface area contributed by atoms with Gasteiger partial charge < -0.3 is 14.7 Å². The maximum atomic E-state index is 8.34. The molecule has 0 saturated carbocycles. The third kappa shape index (κ3) is 4.42. The molecule has 0 spiro atoms. The van der Waals surface area contributed by atoms with E-state index in [2.05, 4.69) is 53.2 Å². The lowest BCUT2D eigenvalue weighted by molar-refractivity contribution is 0.288. The molecule has 0 heterocycles. The van der Waals surface area contributed by atoms with Crippen LogP contribution in [0.3, 0.4) is 0 Å². The molecule has 2 N–H and O–H groups in total. The fraction of sp³-hybridized carbons (Fsp3) is 0. The van der Waals surface area contributed by atoms with Gasteiger partial charge in [0.25, 0.3) is 0 Å². The first-order valence-electron chi connectivity index (χ1n) is 6.27. The van der Waals surface area contributed by atoms with Gasteiger partial charge in [0.15, 0.2) is 0 Å². The summed E-state index contributed by atoms with van der Waals surface area (Å²) in [7, 11) is -1.73. The number of hydrogen-bond donors (Lipinski definition) is 2. The lowest BCUT2D eigenvalue weighted by atomic mass is 10.1. The Morgan fingerprint density at radius 3 is 1.40 bits per heavy atom. The molecule has 20 heavy (non-hydrogen) atoms. The van der Waals surface area contributed by atoms with Crippen molar-refractivity contribution in [3.05, 3.63) is 78.9 Å². The van der Waals surface area contributed by atoms with E-state index in [1.165, 1.54) is 10.8 Å². The molecule has 0 amide bonds. The van der Waals surface area contributed by atoms with Crippen molar-refractivity contribution in [1.29, 1.82) is 0 Å². The van der Waals surface area contributed by atoms with Gasteiger partial charge in [0, 0.05) is 0 Å². The summed E-state index contributed by atoms with van der Waals surface area (Å²) in [5, 5.41) is 19.3. The van der Waals surface area contributed by atoms with Crippen molar-refractivity contribution in [2.45, 2.75) is 0 Å². The highest BCUT2D eigenvalue weighted by atomic mass is 16.6. The molecule has 0 radical (unpaired) electrons. The van der Waals surface area contributed by atoms with Crippen LogP contribution >= 0.6 is 0 Å². The van der Waals surface area contributed by atoms with Crippen LogP contribution < -0.4 is 4.65 Å². The maximum Gasteiger partial charge on any atom is 0.707 e. The van der Waals surface area contributed by atoms with Gasteiger partial charge in [-0.15, -0.1) is 0 Å². The molecule has 3 aromatic rings. The van der Waals surface area contributed by atoms with E-state index in [4.69, 9.17) is 10.0 Å². The molecule has 100 valence electrons. The van der Waals surface area contributed by atoms with Crippen molar-refractivity contribution < 1.29 is 14.7 Å². The van der Waals surface area contributed by atoms with Crippen molar-refractivity contribution in [2.75, 3.05) is 0 Å². The molecule has 0 aromatic heterocycles. The Morgan fingerprint density at radius 1 is 0.600 bits per heavy atom. The highest BCUT2D eigenvalue weighted by Gasteiger charge is 2.09. The van der Waals surface area contributed by atoms with E-state index in [9.17, 15) is 0 Å². The van der Waals surface area contributed by atoms with Crippen LogP contribution in [0.2, 0.25) is 0 Å². The second-order valence-electron chi connectivity index (χ2n) is 4.10. The monoisotopic (exact) mass is 266 g/mol. The number of hydrogen-bond acceptors (Lipinski definition) is 3. The zero-order valence-corrected chi connectivity index (χ0v) is 10.9. The molecule has 0 aliphatic heterocycles. The second-order valence-corrected chi connectivity index (χ2v) is 4.10. The van der Waals surface area contributed by atoms with Crippen molar-refractivity contribution in [3.8, 4) is 5.75 Å². The van der Waals surface area contributed by atoms with Crippen LogP contribution in [-0.4, -0.2) is 17.4 Å². The van der Waals surface area contributed by atoms with Crippen molar-refractivity contribution in [2.24, 2.45) is 0 Å². The standard InChI is InChI=1S/C10H8.C6H7BO3/c1-2-6-10-8-4-3-7-9(10)5-1;8-7(9)10-6-4-2-1-3-5-6/h1-8H;1-5,8-9H. The summed E-state index contributed by atoms with van der Waals surface area (Å²) >= 11 is 0. The molecule has 3 nitrogen and oxygen atoms in total. The van der Waals surface area contributed by atoms with Crippen LogP contribution in [0.25, 0.3) is 10.8 Å². The second kappa shape index (κ2) is 7.33. The molecule has 0 bridgehead atoms. The first kappa shape index (κ1) is 14.1. The lowest BCUT2D eigenvalue weighted by Crippen LogP contribution is -2.20. The quantitative estimate of drug-likeness (QED) is 0.701. The van der Waals surface area contributed by atoms with Gasteiger partial charge >= 0.3 is 7.32 Å². The van der Waals surface area contributed by atoms with Crippen molar-refractivity contribution in [1.82, 2.24) is 0 Å². The summed E-state index contributed by atoms with van der Waals surface area (Å²) in [4.78, 5) is 0. The molecule has 0 atom stereocenters. The summed E-state index contributed by atoms with van der Waals surface area (Å²) in [6, 6.07) is 25.3. The van der Waals surface area contributed by atoms with E-state index in [0.717, 1.165) is 0 Å². The van der Waals surface area contributed by atoms with Crippen LogP contribution in [0, 0.1) is 0 Å². The van der Waals surface area contributed by atoms with E-state index >= 15 is 0 Å². The van der Waals surface area contributed by atoms with Crippen molar-refractivity contribution in [3.63, 3.8) is 0 Å². The Labute approximate surface area is 118 Å². The van der Waals surface area contributed by atoms with Gasteiger partial charge in [0.1, 0.15) is 5.75 Å². The fourth-order valence-corrected chi connectivity index (χ4v) is 1.75. The first-order chi connectivity index (χ1) is 9.75. The van der Waals surface area contributed by atoms with Gasteiger partial charge in [-0.25, -0.2) is 0 Å². The zero-order chi connectivity index (χ0) is 14.2. The van der Waals surface area contributed by atoms with Gasteiger partial charge in [-0.3, -0.25) is 0 Å². The highest BCUT2D eigenvalue weighted by Crippen LogP contribution is 2.11. The molecule has 3 aromatic carbocycles. The van der Waals surface area contributed by atoms with Gasteiger partial charge in [-0.05, 0) is 22.9 Å². The van der Waals surface area contributed by atoms with Crippen LogP contribution in [-0.2, 0) is 0 Å². The minimum atomic E-state index is -1.73. The molecule has 0 unspecified atom stereocenters. The molecule has 0 fully saturated rings. The van der Waals surface area contributed by atoms with Crippen LogP contribution in [0.1, 0.15) is 0 Å². The van der Waals surface area contributed by atoms with Crippen molar-refractivity contribution >= 4 is 18.1 Å². The van der Waals surface area contributed by atoms with E-state index in [1.54, 1.807) is 24.3 Å². The summed E-state index contributed by atoms with van der Waals surface area (Å²) in [6.45, 7) is 0. The van der Waals surface area contributed by atoms with E-state index < -0.39 is 7.32 Å². The maximum absolute atomic E-state index is 8.34. The molecule has 4 heteroatoms. The fourth-order valence-electron chi connectivity index (χ4n) is 1.75. The molecule has 0 saturated heterocycles. The summed E-state index contributed by atoms with van der Waals surface area (Å²) in [6.07, 6.45) is 0. The Morgan fingerprint density at radius 2 is 1.00 bits per heavy atom. The molecular weight excluding hydrogens is 251 g/mol. The molecule has 0 aliphatic rings.